The van der Waals surface area contributed by atoms with E-state index in [0.29, 0.717) is 16.6 Å². The summed E-state index contributed by atoms with van der Waals surface area (Å²) in [5, 5.41) is 8.13. The molecule has 180 valence electrons. The molecule has 1 fully saturated rings. The summed E-state index contributed by atoms with van der Waals surface area (Å²) >= 11 is 7.90. The number of hydrogen-bond acceptors (Lipinski definition) is 5. The number of fused-ring (bicyclic) bond motifs is 2. The number of unbranched alkanes of at least 4 members (excludes halogenated alkanes) is 1. The monoisotopic (exact) mass is 498 g/mol. The Morgan fingerprint density at radius 1 is 1.09 bits per heavy atom. The van der Waals surface area contributed by atoms with E-state index in [4.69, 9.17) is 16.3 Å². The fraction of sp³-hybridized carbons (Fsp3) is 0.423. The van der Waals surface area contributed by atoms with Gasteiger partial charge in [0.15, 0.2) is 0 Å². The Hall–Kier alpha value is -2.48. The smallest absolute Gasteiger partial charge is 0.319 e. The van der Waals surface area contributed by atoms with Gasteiger partial charge in [0, 0.05) is 54.6 Å². The number of urea groups is 1. The molecule has 2 aromatic carbocycles. The maximum Gasteiger partial charge on any atom is 0.319 e. The summed E-state index contributed by atoms with van der Waals surface area (Å²) in [6.07, 6.45) is 4.26. The first-order chi connectivity index (χ1) is 16.7. The predicted molar refractivity (Wildman–Crippen MR) is 142 cm³/mol. The molecule has 3 heterocycles. The SMILES string of the molecule is O=C(NCCCCN1CCN(c2ccc3c(c2)OCCC3)CC1)Nc1sc2ccccc2c1Cl. The van der Waals surface area contributed by atoms with Gasteiger partial charge in [0.25, 0.3) is 0 Å². The predicted octanol–water partition coefficient (Wildman–Crippen LogP) is 5.60. The zero-order chi connectivity index (χ0) is 23.3. The number of piperazine rings is 1. The third-order valence-corrected chi connectivity index (χ3v) is 8.18. The van der Waals surface area contributed by atoms with Crippen molar-refractivity contribution < 1.29 is 9.53 Å². The topological polar surface area (TPSA) is 56.8 Å². The highest BCUT2D eigenvalue weighted by molar-refractivity contribution is 7.23. The quantitative estimate of drug-likeness (QED) is 0.416. The number of nitrogens with zero attached hydrogens (tertiary/aromatic N) is 2. The van der Waals surface area contributed by atoms with Crippen LogP contribution in [0.15, 0.2) is 42.5 Å². The molecule has 0 bridgehead atoms. The summed E-state index contributed by atoms with van der Waals surface area (Å²) in [6.45, 7) is 6.76. The molecular weight excluding hydrogens is 468 g/mol. The molecule has 2 N–H and O–H groups in total. The van der Waals surface area contributed by atoms with Gasteiger partial charge < -0.3 is 15.0 Å². The summed E-state index contributed by atoms with van der Waals surface area (Å²) in [6, 6.07) is 14.4. The molecule has 8 heteroatoms. The van der Waals surface area contributed by atoms with Crippen molar-refractivity contribution in [1.82, 2.24) is 10.2 Å². The lowest BCUT2D eigenvalue weighted by atomic mass is 10.1. The molecule has 0 unspecified atom stereocenters. The van der Waals surface area contributed by atoms with E-state index in [1.807, 2.05) is 24.3 Å². The van der Waals surface area contributed by atoms with Crippen molar-refractivity contribution in [1.29, 1.82) is 0 Å². The van der Waals surface area contributed by atoms with E-state index < -0.39 is 0 Å². The minimum absolute atomic E-state index is 0.198. The van der Waals surface area contributed by atoms with E-state index >= 15 is 0 Å². The second-order valence-electron chi connectivity index (χ2n) is 8.90. The van der Waals surface area contributed by atoms with Crippen molar-refractivity contribution in [3.05, 3.63) is 53.1 Å². The highest BCUT2D eigenvalue weighted by Gasteiger charge is 2.19. The largest absolute Gasteiger partial charge is 0.493 e. The summed E-state index contributed by atoms with van der Waals surface area (Å²) in [5.41, 5.74) is 2.61. The van der Waals surface area contributed by atoms with Crippen LogP contribution < -0.4 is 20.3 Å². The molecular formula is C26H31ClN4O2S. The van der Waals surface area contributed by atoms with E-state index in [0.717, 1.165) is 80.8 Å². The Labute approximate surface area is 209 Å². The van der Waals surface area contributed by atoms with Crippen molar-refractivity contribution in [2.45, 2.75) is 25.7 Å². The van der Waals surface area contributed by atoms with Crippen molar-refractivity contribution in [3.8, 4) is 5.75 Å². The average molecular weight is 499 g/mol. The third-order valence-electron chi connectivity index (χ3n) is 6.58. The van der Waals surface area contributed by atoms with Gasteiger partial charge in [-0.25, -0.2) is 4.79 Å². The standard InChI is InChI=1S/C26H31ClN4O2S/c27-24-21-7-1-2-8-23(21)34-25(24)29-26(32)28-11-3-4-12-30-13-15-31(16-14-30)20-10-9-19-6-5-17-33-22(19)18-20/h1-2,7-10,18H,3-6,11-17H2,(H2,28,29,32). The summed E-state index contributed by atoms with van der Waals surface area (Å²) in [7, 11) is 0. The lowest BCUT2D eigenvalue weighted by Crippen LogP contribution is -2.46. The van der Waals surface area contributed by atoms with Crippen molar-refractivity contribution in [3.63, 3.8) is 0 Å². The summed E-state index contributed by atoms with van der Waals surface area (Å²) in [4.78, 5) is 17.2. The molecule has 3 aromatic rings. The third kappa shape index (κ3) is 5.43. The number of carbonyl (C=O) groups is 1. The number of anilines is 2. The van der Waals surface area contributed by atoms with E-state index in [9.17, 15) is 4.79 Å². The Morgan fingerprint density at radius 3 is 2.79 bits per heavy atom. The summed E-state index contributed by atoms with van der Waals surface area (Å²) in [5.74, 6) is 1.07. The second kappa shape index (κ2) is 10.8. The fourth-order valence-corrected chi connectivity index (χ4v) is 6.03. The normalized spacial score (nSPS) is 16.2. The Kier molecular flexibility index (Phi) is 7.42. The lowest BCUT2D eigenvalue weighted by Gasteiger charge is -2.36. The molecule has 0 spiro atoms. The number of nitrogens with one attached hydrogen (secondary N) is 2. The second-order valence-corrected chi connectivity index (χ2v) is 10.3. The zero-order valence-corrected chi connectivity index (χ0v) is 20.9. The van der Waals surface area contributed by atoms with Gasteiger partial charge in [0.1, 0.15) is 10.8 Å². The molecule has 0 atom stereocenters. The number of hydrogen-bond donors (Lipinski definition) is 2. The number of amides is 2. The molecule has 34 heavy (non-hydrogen) atoms. The van der Waals surface area contributed by atoms with Crippen molar-refractivity contribution >= 4 is 49.7 Å². The average Bonchev–Trinajstić information content (AvgIpc) is 3.19. The molecule has 0 aliphatic carbocycles. The number of thiophene rings is 1. The van der Waals surface area contributed by atoms with Gasteiger partial charge >= 0.3 is 6.03 Å². The van der Waals surface area contributed by atoms with Gasteiger partial charge in [-0.05, 0) is 49.9 Å². The van der Waals surface area contributed by atoms with Crippen LogP contribution in [-0.4, -0.2) is 56.8 Å². The van der Waals surface area contributed by atoms with E-state index in [-0.39, 0.29) is 6.03 Å². The van der Waals surface area contributed by atoms with Gasteiger partial charge in [-0.3, -0.25) is 10.2 Å². The van der Waals surface area contributed by atoms with Gasteiger partial charge in [0.05, 0.1) is 11.6 Å². The van der Waals surface area contributed by atoms with E-state index in [1.165, 1.54) is 22.6 Å². The van der Waals surface area contributed by atoms with Gasteiger partial charge in [0.2, 0.25) is 0 Å². The number of ether oxygens (including phenoxy) is 1. The fourth-order valence-electron chi connectivity index (χ4n) is 4.66. The molecule has 2 aliphatic rings. The maximum absolute atomic E-state index is 12.3. The Balaban J connectivity index is 0.992. The van der Waals surface area contributed by atoms with Crippen LogP contribution in [-0.2, 0) is 6.42 Å². The van der Waals surface area contributed by atoms with Crippen molar-refractivity contribution in [2.75, 3.05) is 56.1 Å². The minimum atomic E-state index is -0.198. The minimum Gasteiger partial charge on any atom is -0.493 e. The Morgan fingerprint density at radius 2 is 1.94 bits per heavy atom. The van der Waals surface area contributed by atoms with E-state index in [1.54, 1.807) is 0 Å². The Bertz CT molecular complexity index is 1140. The first kappa shape index (κ1) is 23.3. The number of carbonyl (C=O) groups excluding carboxylic acids is 1. The van der Waals surface area contributed by atoms with E-state index in [2.05, 4.69) is 38.6 Å². The number of halogens is 1. The molecule has 1 aromatic heterocycles. The zero-order valence-electron chi connectivity index (χ0n) is 19.3. The molecule has 2 amide bonds. The van der Waals surface area contributed by atoms with Crippen LogP contribution in [0.3, 0.4) is 0 Å². The maximum atomic E-state index is 12.3. The highest BCUT2D eigenvalue weighted by atomic mass is 35.5. The molecule has 0 radical (unpaired) electrons. The first-order valence-corrected chi connectivity index (χ1v) is 13.3. The van der Waals surface area contributed by atoms with Gasteiger partial charge in [-0.2, -0.15) is 0 Å². The van der Waals surface area contributed by atoms with Gasteiger partial charge in [-0.1, -0.05) is 35.9 Å². The van der Waals surface area contributed by atoms with Crippen LogP contribution in [0.4, 0.5) is 15.5 Å². The molecule has 5 rings (SSSR count). The van der Waals surface area contributed by atoms with Crippen LogP contribution in [0.5, 0.6) is 5.75 Å². The van der Waals surface area contributed by atoms with Crippen LogP contribution in [0, 0.1) is 0 Å². The molecule has 1 saturated heterocycles. The van der Waals surface area contributed by atoms with Crippen molar-refractivity contribution in [2.24, 2.45) is 0 Å². The van der Waals surface area contributed by atoms with Crippen LogP contribution in [0.25, 0.3) is 10.1 Å². The van der Waals surface area contributed by atoms with Crippen LogP contribution >= 0.6 is 22.9 Å². The lowest BCUT2D eigenvalue weighted by molar-refractivity contribution is 0.247. The molecule has 6 nitrogen and oxygen atoms in total. The number of rotatable bonds is 7. The molecule has 2 aliphatic heterocycles. The number of aryl methyl sites for hydroxylation is 1. The van der Waals surface area contributed by atoms with Gasteiger partial charge in [-0.15, -0.1) is 11.3 Å². The highest BCUT2D eigenvalue weighted by Crippen LogP contribution is 2.39. The molecule has 0 saturated carbocycles. The summed E-state index contributed by atoms with van der Waals surface area (Å²) < 4.78 is 6.92. The first-order valence-electron chi connectivity index (χ1n) is 12.1. The van der Waals surface area contributed by atoms with Crippen LogP contribution in [0.2, 0.25) is 5.02 Å². The van der Waals surface area contributed by atoms with Crippen LogP contribution in [0.1, 0.15) is 24.8 Å². The number of benzene rings is 2.